The second-order valence-corrected chi connectivity index (χ2v) is 23.2. The zero-order chi connectivity index (χ0) is 70.5. The lowest BCUT2D eigenvalue weighted by Crippen LogP contribution is -2.35. The van der Waals surface area contributed by atoms with Gasteiger partial charge in [-0.2, -0.15) is 43.9 Å². The minimum Gasteiger partial charge on any atom is -0.454 e. The van der Waals surface area contributed by atoms with E-state index in [9.17, 15) is 26.3 Å². The molecule has 32 heteroatoms. The van der Waals surface area contributed by atoms with Crippen molar-refractivity contribution in [2.24, 2.45) is 0 Å². The maximum Gasteiger partial charge on any atom is 0.459 e. The molecule has 22 nitrogen and oxygen atoms in total. The van der Waals surface area contributed by atoms with Gasteiger partial charge < -0.3 is 23.2 Å². The number of benzene rings is 6. The van der Waals surface area contributed by atoms with Crippen LogP contribution in [0.4, 0.5) is 43.9 Å². The SMILES string of the molecule is CCCc1nc(C(F)(F)C(F)(F)F)c(COC(=O)c2nc(CCC)n(Cc3ccc(-c4ccccc4-c4nnn[nH]4)cc3)c2C(=O)OCc2c(C(F)(F)C(F)(F)F)nc(CCC)n2Cc2ccc(-c3ccccc3-c3nnn[nH]3)cc2)n1Cc1ccc(-c2ccccc2-c2nnn[nH]2)cc1. The highest BCUT2D eigenvalue weighted by molar-refractivity contribution is 6.01. The van der Waals surface area contributed by atoms with Gasteiger partial charge in [-0.05, 0) is 101 Å². The molecule has 6 aromatic heterocycles. The maximum absolute atomic E-state index is 16.1. The molecule has 12 aromatic rings. The number of H-pyrrole nitrogens is 3. The van der Waals surface area contributed by atoms with Crippen LogP contribution in [0.15, 0.2) is 146 Å². The number of hydrogen-bond donors (Lipinski definition) is 3. The fraction of sp³-hybridized carbons (Fsp3) is 0.265. The Labute approximate surface area is 561 Å². The van der Waals surface area contributed by atoms with Gasteiger partial charge in [-0.3, -0.25) is 0 Å². The molecule has 514 valence electrons. The molecule has 0 saturated heterocycles. The van der Waals surface area contributed by atoms with Crippen molar-refractivity contribution in [2.45, 2.75) is 116 Å². The fourth-order valence-electron chi connectivity index (χ4n) is 11.7. The third kappa shape index (κ3) is 13.8. The normalized spacial score (nSPS) is 12.2. The van der Waals surface area contributed by atoms with Crippen LogP contribution in [0.3, 0.4) is 0 Å². The number of tetrazole rings is 3. The molecular weight excluding hydrogens is 1320 g/mol. The summed E-state index contributed by atoms with van der Waals surface area (Å²) in [5.41, 5.74) is 0.268. The van der Waals surface area contributed by atoms with Gasteiger partial charge in [-0.1, -0.05) is 166 Å². The summed E-state index contributed by atoms with van der Waals surface area (Å²) in [7, 11) is 0. The Balaban J connectivity index is 0.926. The highest BCUT2D eigenvalue weighted by atomic mass is 19.4. The van der Waals surface area contributed by atoms with Crippen LogP contribution in [0, 0.1) is 0 Å². The van der Waals surface area contributed by atoms with Crippen LogP contribution >= 0.6 is 0 Å². The van der Waals surface area contributed by atoms with E-state index >= 15 is 27.2 Å². The van der Waals surface area contributed by atoms with Crippen molar-refractivity contribution < 1.29 is 63.0 Å². The van der Waals surface area contributed by atoms with Crippen LogP contribution in [0.25, 0.3) is 67.5 Å². The summed E-state index contributed by atoms with van der Waals surface area (Å²) in [6.07, 6.45) is -12.0. The van der Waals surface area contributed by atoms with E-state index in [0.29, 0.717) is 84.2 Å². The molecule has 0 aliphatic rings. The van der Waals surface area contributed by atoms with Gasteiger partial charge in [-0.15, -0.1) is 15.3 Å². The number of imidazole rings is 3. The second kappa shape index (κ2) is 28.5. The van der Waals surface area contributed by atoms with E-state index < -0.39 is 83.5 Å². The van der Waals surface area contributed by atoms with Gasteiger partial charge >= 0.3 is 36.1 Å². The summed E-state index contributed by atoms with van der Waals surface area (Å²) in [5.74, 6) is -13.7. The van der Waals surface area contributed by atoms with Crippen molar-refractivity contribution in [3.8, 4) is 67.5 Å². The monoisotopic (exact) mass is 1380 g/mol. The number of ether oxygens (including phenoxy) is 2. The zero-order valence-corrected chi connectivity index (χ0v) is 53.3. The second-order valence-electron chi connectivity index (χ2n) is 23.2. The Morgan fingerprint density at radius 2 is 0.710 bits per heavy atom. The number of halogens is 10. The summed E-state index contributed by atoms with van der Waals surface area (Å²) in [5, 5.41) is 42.2. The number of esters is 2. The summed E-state index contributed by atoms with van der Waals surface area (Å²) in [4.78, 5) is 42.6. The topological polar surface area (TPSA) is 269 Å². The van der Waals surface area contributed by atoms with Crippen molar-refractivity contribution >= 4 is 11.9 Å². The lowest BCUT2D eigenvalue weighted by molar-refractivity contribution is -0.291. The maximum atomic E-state index is 16.1. The van der Waals surface area contributed by atoms with Crippen LogP contribution in [-0.4, -0.2) is 115 Å². The molecule has 12 rings (SSSR count). The highest BCUT2D eigenvalue weighted by Crippen LogP contribution is 2.47. The summed E-state index contributed by atoms with van der Waals surface area (Å²) in [6.45, 7) is 1.31. The first-order valence-electron chi connectivity index (χ1n) is 31.4. The van der Waals surface area contributed by atoms with Gasteiger partial charge in [0.25, 0.3) is 0 Å². The first-order chi connectivity index (χ1) is 48.1. The van der Waals surface area contributed by atoms with Gasteiger partial charge in [0.2, 0.25) is 0 Å². The molecule has 0 saturated carbocycles. The van der Waals surface area contributed by atoms with Crippen molar-refractivity contribution in [1.82, 2.24) is 90.5 Å². The van der Waals surface area contributed by atoms with Gasteiger partial charge in [0.05, 0.1) is 11.4 Å². The largest absolute Gasteiger partial charge is 0.459 e. The number of carbonyl (C=O) groups excluding carboxylic acids is 2. The number of alkyl halides is 10. The van der Waals surface area contributed by atoms with Crippen LogP contribution in [0.1, 0.15) is 118 Å². The Hall–Kier alpha value is -11.6. The Morgan fingerprint density at radius 1 is 0.400 bits per heavy atom. The van der Waals surface area contributed by atoms with Crippen LogP contribution in [0.5, 0.6) is 0 Å². The molecule has 0 unspecified atom stereocenters. The van der Waals surface area contributed by atoms with Gasteiger partial charge in [-0.25, -0.2) is 39.8 Å². The molecule has 0 aliphatic carbocycles. The molecular formula is C68H58F10N18O4. The van der Waals surface area contributed by atoms with E-state index in [2.05, 4.69) is 76.8 Å². The number of hydrogen-bond acceptors (Lipinski definition) is 16. The number of nitrogens with zero attached hydrogens (tertiary/aromatic N) is 15. The number of rotatable bonds is 26. The molecule has 0 fully saturated rings. The number of aryl methyl sites for hydroxylation is 3. The molecule has 0 amide bonds. The average molecular weight is 1380 g/mol. The van der Waals surface area contributed by atoms with Crippen molar-refractivity contribution in [3.63, 3.8) is 0 Å². The molecule has 0 aliphatic heterocycles. The first kappa shape index (κ1) is 68.3. The van der Waals surface area contributed by atoms with Crippen molar-refractivity contribution in [3.05, 3.63) is 214 Å². The first-order valence-corrected chi connectivity index (χ1v) is 31.4. The van der Waals surface area contributed by atoms with Crippen molar-refractivity contribution in [2.75, 3.05) is 0 Å². The van der Waals surface area contributed by atoms with E-state index in [1.54, 1.807) is 160 Å². The third-order valence-electron chi connectivity index (χ3n) is 16.5. The molecule has 3 N–H and O–H groups in total. The Kier molecular flexibility index (Phi) is 19.5. The Bertz CT molecular complexity index is 4820. The predicted molar refractivity (Wildman–Crippen MR) is 339 cm³/mol. The lowest BCUT2D eigenvalue weighted by atomic mass is 9.98. The number of nitrogens with one attached hydrogen (secondary N) is 3. The molecule has 0 radical (unpaired) electrons. The van der Waals surface area contributed by atoms with Gasteiger partial charge in [0.1, 0.15) is 42.1 Å². The van der Waals surface area contributed by atoms with Gasteiger partial charge in [0.15, 0.2) is 28.9 Å². The van der Waals surface area contributed by atoms with E-state index in [4.69, 9.17) is 9.47 Å². The predicted octanol–water partition coefficient (Wildman–Crippen LogP) is 13.8. The van der Waals surface area contributed by atoms with E-state index in [1.807, 2.05) is 6.07 Å². The molecule has 0 atom stereocenters. The zero-order valence-electron chi connectivity index (χ0n) is 53.3. The smallest absolute Gasteiger partial charge is 0.454 e. The van der Waals surface area contributed by atoms with Crippen molar-refractivity contribution in [1.29, 1.82) is 0 Å². The summed E-state index contributed by atoms with van der Waals surface area (Å²) >= 11 is 0. The molecule has 0 bridgehead atoms. The minimum atomic E-state index is -6.22. The van der Waals surface area contributed by atoms with Gasteiger partial charge in [0, 0.05) is 55.6 Å². The van der Waals surface area contributed by atoms with Crippen LogP contribution in [-0.2, 0) is 73.4 Å². The van der Waals surface area contributed by atoms with E-state index in [-0.39, 0.29) is 75.6 Å². The standard InChI is InChI=1S/C68H58F10N18O4/c1-4-13-53-79-56(63(97)99-37-51-58(65(69,70)67(73,74)75)80-54(14-5-2)94(51)34-39-22-28-42(29-23-39)45-16-7-10-19-48(45)60-82-88-89-83-60)57(96(53)36-41-26-32-44(33-27-41)47-18-9-12-21-50(47)62-86-92-93-87-62)64(98)100-38-52-59(66(71,72)68(76,77)78)81-55(15-6-3)95(52)35-40-24-30-43(31-25-40)46-17-8-11-20-49(46)61-84-90-91-85-61/h7-12,16-33H,4-6,13-15,34-38H2,1-3H3,(H,82,83,88,89)(H,84,85,90,91)(H,86,87,92,93). The molecule has 6 aromatic carbocycles. The fourth-order valence-corrected chi connectivity index (χ4v) is 11.7. The average Bonchev–Trinajstić information content (AvgIpc) is 1.60. The van der Waals surface area contributed by atoms with Crippen LogP contribution in [0.2, 0.25) is 0 Å². The lowest BCUT2D eigenvalue weighted by Gasteiger charge is -2.20. The molecule has 6 heterocycles. The van der Waals surface area contributed by atoms with Crippen LogP contribution < -0.4 is 0 Å². The van der Waals surface area contributed by atoms with E-state index in [1.165, 1.54) is 4.57 Å². The Morgan fingerprint density at radius 3 is 1.02 bits per heavy atom. The molecule has 100 heavy (non-hydrogen) atoms. The highest BCUT2D eigenvalue weighted by Gasteiger charge is 2.63. The molecule has 0 spiro atoms. The third-order valence-corrected chi connectivity index (χ3v) is 16.5. The quantitative estimate of drug-likeness (QED) is 0.0336. The number of aromatic amines is 3. The van der Waals surface area contributed by atoms with E-state index in [0.717, 1.165) is 9.13 Å². The summed E-state index contributed by atoms with van der Waals surface area (Å²) in [6, 6.07) is 41.5. The number of carbonyl (C=O) groups is 2. The minimum absolute atomic E-state index is 0.0000885. The number of aromatic nitrogens is 18. The summed E-state index contributed by atoms with van der Waals surface area (Å²) < 4.78 is 167.